The molecule has 0 radical (unpaired) electrons. The molecule has 0 amide bonds. The topological polar surface area (TPSA) is 66.0 Å². The van der Waals surface area contributed by atoms with Gasteiger partial charge in [-0.15, -0.1) is 0 Å². The molecule has 19 heavy (non-hydrogen) atoms. The van der Waals surface area contributed by atoms with Crippen molar-refractivity contribution in [3.63, 3.8) is 0 Å². The molecule has 0 saturated heterocycles. The Balaban J connectivity index is 2.69. The number of hydrogen-bond acceptors (Lipinski definition) is 3. The molecule has 104 valence electrons. The van der Waals surface area contributed by atoms with Crippen LogP contribution in [-0.4, -0.2) is 9.67 Å². The lowest BCUT2D eigenvalue weighted by Gasteiger charge is -2.10. The second-order valence-corrected chi connectivity index (χ2v) is 5.37. The molecule has 0 aliphatic carbocycles. The lowest BCUT2D eigenvalue weighted by atomic mass is 10.1. The van der Waals surface area contributed by atoms with Crippen LogP contribution in [0.1, 0.15) is 50.7 Å². The molecule has 0 aliphatic heterocycles. The van der Waals surface area contributed by atoms with E-state index < -0.39 is 0 Å². The highest BCUT2D eigenvalue weighted by atomic mass is 16.3. The van der Waals surface area contributed by atoms with Gasteiger partial charge < -0.3 is 5.11 Å². The molecule has 1 heterocycles. The quantitative estimate of drug-likeness (QED) is 0.801. The molecule has 1 aromatic heterocycles. The monoisotopic (exact) mass is 262 g/mol. The van der Waals surface area contributed by atoms with Crippen LogP contribution in [-0.2, 0) is 6.54 Å². The number of hydrogen-bond donors (Lipinski definition) is 1. The highest BCUT2D eigenvalue weighted by Crippen LogP contribution is 2.14. The van der Waals surface area contributed by atoms with Gasteiger partial charge in [-0.3, -0.25) is 9.36 Å². The molecular weight excluding hydrogens is 240 g/mol. The molecule has 4 nitrogen and oxygen atoms in total. The minimum atomic E-state index is -0.385. The fourth-order valence-electron chi connectivity index (χ4n) is 2.10. The minimum Gasteiger partial charge on any atom is -0.494 e. The largest absolute Gasteiger partial charge is 0.494 e. The highest BCUT2D eigenvalue weighted by Gasteiger charge is 2.11. The third kappa shape index (κ3) is 4.13. The van der Waals surface area contributed by atoms with Crippen molar-refractivity contribution < 1.29 is 5.11 Å². The van der Waals surface area contributed by atoms with Gasteiger partial charge in [0.05, 0.1) is 0 Å². The molecule has 4 heteroatoms. The maximum Gasteiger partial charge on any atom is 0.271 e. The molecule has 1 aromatic rings. The van der Waals surface area contributed by atoms with Crippen LogP contribution in [0.4, 0.5) is 0 Å². The fourth-order valence-corrected chi connectivity index (χ4v) is 2.10. The van der Waals surface area contributed by atoms with Crippen molar-refractivity contribution in [3.8, 4) is 11.9 Å². The Kier molecular flexibility index (Phi) is 5.62. The second kappa shape index (κ2) is 6.98. The van der Waals surface area contributed by atoms with Gasteiger partial charge in [-0.1, -0.05) is 33.1 Å². The molecular formula is C15H22N2O2. The van der Waals surface area contributed by atoms with E-state index in [1.165, 1.54) is 17.1 Å². The molecule has 0 aromatic carbocycles. The number of pyridine rings is 1. The zero-order valence-corrected chi connectivity index (χ0v) is 11.9. The van der Waals surface area contributed by atoms with Crippen LogP contribution in [0.2, 0.25) is 0 Å². The molecule has 0 bridgehead atoms. The third-order valence-electron chi connectivity index (χ3n) is 3.25. The summed E-state index contributed by atoms with van der Waals surface area (Å²) in [4.78, 5) is 12.0. The summed E-state index contributed by atoms with van der Waals surface area (Å²) in [6, 6.07) is 3.38. The van der Waals surface area contributed by atoms with Crippen LogP contribution >= 0.6 is 0 Å². The van der Waals surface area contributed by atoms with Crippen LogP contribution < -0.4 is 5.56 Å². The van der Waals surface area contributed by atoms with E-state index in [4.69, 9.17) is 5.26 Å². The number of unbranched alkanes of at least 4 members (excludes halogenated alkanes) is 2. The van der Waals surface area contributed by atoms with E-state index in [1.54, 1.807) is 6.92 Å². The van der Waals surface area contributed by atoms with E-state index in [9.17, 15) is 9.90 Å². The van der Waals surface area contributed by atoms with Gasteiger partial charge in [0.25, 0.3) is 5.56 Å². The number of aromatic nitrogens is 1. The average molecular weight is 262 g/mol. The predicted molar refractivity (Wildman–Crippen MR) is 75.1 cm³/mol. The summed E-state index contributed by atoms with van der Waals surface area (Å²) in [5.41, 5.74) is 0.268. The Morgan fingerprint density at radius 1 is 1.37 bits per heavy atom. The lowest BCUT2D eigenvalue weighted by Crippen LogP contribution is -2.23. The van der Waals surface area contributed by atoms with Crippen molar-refractivity contribution in [2.75, 3.05) is 0 Å². The van der Waals surface area contributed by atoms with E-state index in [0.717, 1.165) is 19.3 Å². The van der Waals surface area contributed by atoms with Gasteiger partial charge in [0.15, 0.2) is 5.88 Å². The summed E-state index contributed by atoms with van der Waals surface area (Å²) in [6.07, 6.45) is 4.18. The van der Waals surface area contributed by atoms with Crippen molar-refractivity contribution in [2.45, 2.75) is 53.0 Å². The predicted octanol–water partition coefficient (Wildman–Crippen LogP) is 2.95. The van der Waals surface area contributed by atoms with Crippen LogP contribution in [0.5, 0.6) is 5.88 Å². The van der Waals surface area contributed by atoms with Crippen LogP contribution in [0, 0.1) is 24.2 Å². The lowest BCUT2D eigenvalue weighted by molar-refractivity contribution is 0.396. The molecule has 0 spiro atoms. The molecule has 0 atom stereocenters. The van der Waals surface area contributed by atoms with Gasteiger partial charge in [-0.2, -0.15) is 5.26 Å². The Labute approximate surface area is 114 Å². The Bertz CT molecular complexity index is 524. The first kappa shape index (κ1) is 15.3. The van der Waals surface area contributed by atoms with Crippen molar-refractivity contribution in [3.05, 3.63) is 27.5 Å². The SMILES string of the molecule is Cc1cc(O)n(CCCCCC(C)C)c(=O)c1C#N. The Morgan fingerprint density at radius 3 is 2.63 bits per heavy atom. The van der Waals surface area contributed by atoms with E-state index in [2.05, 4.69) is 13.8 Å². The van der Waals surface area contributed by atoms with Crippen molar-refractivity contribution in [1.82, 2.24) is 4.57 Å². The summed E-state index contributed by atoms with van der Waals surface area (Å²) in [5, 5.41) is 18.7. The molecule has 1 rings (SSSR count). The zero-order valence-electron chi connectivity index (χ0n) is 11.9. The van der Waals surface area contributed by atoms with Gasteiger partial charge >= 0.3 is 0 Å². The number of nitriles is 1. The molecule has 0 saturated carbocycles. The summed E-state index contributed by atoms with van der Waals surface area (Å²) < 4.78 is 1.29. The molecule has 0 fully saturated rings. The third-order valence-corrected chi connectivity index (χ3v) is 3.25. The van der Waals surface area contributed by atoms with Gasteiger partial charge in [0.1, 0.15) is 11.6 Å². The summed E-state index contributed by atoms with van der Waals surface area (Å²) in [5.74, 6) is 0.644. The first-order valence-electron chi connectivity index (χ1n) is 6.81. The Morgan fingerprint density at radius 2 is 2.05 bits per heavy atom. The standard InChI is InChI=1S/C15H22N2O2/c1-11(2)7-5-4-6-8-17-14(18)9-12(3)13(10-16)15(17)19/h9,11,18H,4-8H2,1-3H3. The maximum atomic E-state index is 12.0. The van der Waals surface area contributed by atoms with Gasteiger partial charge in [-0.25, -0.2) is 0 Å². The zero-order chi connectivity index (χ0) is 14.4. The van der Waals surface area contributed by atoms with Crippen LogP contribution in [0.25, 0.3) is 0 Å². The van der Waals surface area contributed by atoms with Crippen molar-refractivity contribution >= 4 is 0 Å². The van der Waals surface area contributed by atoms with Crippen LogP contribution in [0.15, 0.2) is 10.9 Å². The van der Waals surface area contributed by atoms with E-state index >= 15 is 0 Å². The van der Waals surface area contributed by atoms with E-state index in [1.807, 2.05) is 6.07 Å². The minimum absolute atomic E-state index is 0.0506. The average Bonchev–Trinajstić information content (AvgIpc) is 2.32. The highest BCUT2D eigenvalue weighted by molar-refractivity contribution is 5.37. The van der Waals surface area contributed by atoms with Crippen LogP contribution in [0.3, 0.4) is 0 Å². The fraction of sp³-hybridized carbons (Fsp3) is 0.600. The molecule has 0 aliphatic rings. The van der Waals surface area contributed by atoms with Gasteiger partial charge in [0, 0.05) is 12.6 Å². The van der Waals surface area contributed by atoms with E-state index in [-0.39, 0.29) is 17.0 Å². The first-order valence-corrected chi connectivity index (χ1v) is 6.81. The number of aromatic hydroxyl groups is 1. The number of aryl methyl sites for hydroxylation is 1. The number of nitrogens with zero attached hydrogens (tertiary/aromatic N) is 2. The van der Waals surface area contributed by atoms with Gasteiger partial charge in [0.2, 0.25) is 0 Å². The smallest absolute Gasteiger partial charge is 0.271 e. The summed E-state index contributed by atoms with van der Waals surface area (Å²) in [6.45, 7) is 6.51. The second-order valence-electron chi connectivity index (χ2n) is 5.37. The maximum absolute atomic E-state index is 12.0. The van der Waals surface area contributed by atoms with Crippen molar-refractivity contribution in [2.24, 2.45) is 5.92 Å². The van der Waals surface area contributed by atoms with Gasteiger partial charge in [-0.05, 0) is 24.8 Å². The normalized spacial score (nSPS) is 10.7. The Hall–Kier alpha value is -1.76. The molecule has 0 unspecified atom stereocenters. The number of rotatable bonds is 6. The summed E-state index contributed by atoms with van der Waals surface area (Å²) in [7, 11) is 0. The van der Waals surface area contributed by atoms with E-state index in [0.29, 0.717) is 18.0 Å². The summed E-state index contributed by atoms with van der Waals surface area (Å²) >= 11 is 0. The van der Waals surface area contributed by atoms with Crippen molar-refractivity contribution in [1.29, 1.82) is 5.26 Å². The first-order chi connectivity index (χ1) is 8.97. The molecule has 1 N–H and O–H groups in total.